The first kappa shape index (κ1) is 14.4. The lowest BCUT2D eigenvalue weighted by Crippen LogP contribution is -2.40. The van der Waals surface area contributed by atoms with Crippen molar-refractivity contribution in [1.29, 1.82) is 0 Å². The van der Waals surface area contributed by atoms with E-state index in [0.717, 1.165) is 19.4 Å². The molecule has 6 heteroatoms. The van der Waals surface area contributed by atoms with Crippen molar-refractivity contribution in [1.82, 2.24) is 9.47 Å². The highest BCUT2D eigenvalue weighted by Crippen LogP contribution is 2.21. The molecule has 0 spiro atoms. The lowest BCUT2D eigenvalue weighted by atomic mass is 10.2. The van der Waals surface area contributed by atoms with Crippen LogP contribution in [0, 0.1) is 0 Å². The second kappa shape index (κ2) is 5.76. The summed E-state index contributed by atoms with van der Waals surface area (Å²) in [5.74, 6) is 0.0300. The number of amides is 1. The first-order valence-corrected chi connectivity index (χ1v) is 5.84. The number of hydrogen-bond donors (Lipinski definition) is 1. The molecule has 1 atom stereocenters. The molecule has 17 heavy (non-hydrogen) atoms. The van der Waals surface area contributed by atoms with E-state index in [1.54, 1.807) is 16.8 Å². The van der Waals surface area contributed by atoms with E-state index in [0.29, 0.717) is 17.3 Å². The van der Waals surface area contributed by atoms with Crippen LogP contribution in [-0.2, 0) is 7.05 Å². The van der Waals surface area contributed by atoms with Crippen LogP contribution in [0.4, 0.5) is 0 Å². The van der Waals surface area contributed by atoms with E-state index >= 15 is 0 Å². The fraction of sp³-hybridized carbons (Fsp3) is 0.545. The van der Waals surface area contributed by atoms with Crippen LogP contribution in [0.15, 0.2) is 12.3 Å². The first-order chi connectivity index (χ1) is 7.63. The Bertz CT molecular complexity index is 405. The standard InChI is InChI=1S/C11H16ClN3O.ClH/c1-14-7-8(12)5-10(14)11(16)15-4-2-3-9(15)6-13;/h5,7,9H,2-4,6,13H2,1H3;1H. The molecule has 0 aromatic carbocycles. The fourth-order valence-electron chi connectivity index (χ4n) is 2.23. The van der Waals surface area contributed by atoms with Gasteiger partial charge in [0.2, 0.25) is 0 Å². The second-order valence-electron chi connectivity index (χ2n) is 4.18. The van der Waals surface area contributed by atoms with Crippen molar-refractivity contribution in [2.24, 2.45) is 12.8 Å². The molecule has 2 heterocycles. The van der Waals surface area contributed by atoms with Gasteiger partial charge in [0.1, 0.15) is 5.69 Å². The first-order valence-electron chi connectivity index (χ1n) is 5.46. The predicted octanol–water partition coefficient (Wildman–Crippen LogP) is 1.66. The minimum Gasteiger partial charge on any atom is -0.345 e. The molecule has 4 nitrogen and oxygen atoms in total. The summed E-state index contributed by atoms with van der Waals surface area (Å²) in [6.45, 7) is 1.33. The molecule has 0 saturated carbocycles. The van der Waals surface area contributed by atoms with Crippen LogP contribution in [0.3, 0.4) is 0 Å². The SMILES string of the molecule is Cl.Cn1cc(Cl)cc1C(=O)N1CCCC1CN. The molecule has 1 fully saturated rings. The van der Waals surface area contributed by atoms with Crippen molar-refractivity contribution < 1.29 is 4.79 Å². The van der Waals surface area contributed by atoms with Crippen molar-refractivity contribution >= 4 is 29.9 Å². The molecular formula is C11H17Cl2N3O. The van der Waals surface area contributed by atoms with Gasteiger partial charge < -0.3 is 15.2 Å². The lowest BCUT2D eigenvalue weighted by Gasteiger charge is -2.23. The van der Waals surface area contributed by atoms with E-state index in [1.807, 2.05) is 11.9 Å². The Morgan fingerprint density at radius 1 is 1.65 bits per heavy atom. The van der Waals surface area contributed by atoms with Crippen molar-refractivity contribution in [3.05, 3.63) is 23.0 Å². The summed E-state index contributed by atoms with van der Waals surface area (Å²) in [4.78, 5) is 14.1. The van der Waals surface area contributed by atoms with Gasteiger partial charge in [-0.15, -0.1) is 12.4 Å². The zero-order chi connectivity index (χ0) is 11.7. The average Bonchev–Trinajstić information content (AvgIpc) is 2.83. The molecule has 2 N–H and O–H groups in total. The van der Waals surface area contributed by atoms with Gasteiger partial charge in [-0.05, 0) is 18.9 Å². The minimum absolute atomic E-state index is 0. The summed E-state index contributed by atoms with van der Waals surface area (Å²) in [5.41, 5.74) is 6.29. The van der Waals surface area contributed by atoms with Crippen LogP contribution >= 0.6 is 24.0 Å². The Morgan fingerprint density at radius 3 is 2.88 bits per heavy atom. The average molecular weight is 278 g/mol. The van der Waals surface area contributed by atoms with Crippen LogP contribution < -0.4 is 5.73 Å². The third-order valence-electron chi connectivity index (χ3n) is 3.10. The number of rotatable bonds is 2. The number of nitrogens with two attached hydrogens (primary N) is 1. The van der Waals surface area contributed by atoms with Crippen molar-refractivity contribution in [3.8, 4) is 0 Å². The van der Waals surface area contributed by atoms with Gasteiger partial charge in [-0.2, -0.15) is 0 Å². The van der Waals surface area contributed by atoms with E-state index in [-0.39, 0.29) is 24.4 Å². The van der Waals surface area contributed by atoms with Crippen LogP contribution in [0.1, 0.15) is 23.3 Å². The number of carbonyl (C=O) groups excluding carboxylic acids is 1. The summed E-state index contributed by atoms with van der Waals surface area (Å²) in [7, 11) is 1.83. The van der Waals surface area contributed by atoms with Crippen LogP contribution in [0.5, 0.6) is 0 Å². The third kappa shape index (κ3) is 2.76. The number of aryl methyl sites for hydroxylation is 1. The van der Waals surface area contributed by atoms with Gasteiger partial charge in [0, 0.05) is 32.4 Å². The van der Waals surface area contributed by atoms with Gasteiger partial charge in [0.05, 0.1) is 5.02 Å². The lowest BCUT2D eigenvalue weighted by molar-refractivity contribution is 0.0731. The van der Waals surface area contributed by atoms with Crippen LogP contribution in [-0.4, -0.2) is 34.5 Å². The number of halogens is 2. The summed E-state index contributed by atoms with van der Waals surface area (Å²) in [6.07, 6.45) is 3.77. The van der Waals surface area contributed by atoms with Crippen LogP contribution in [0.25, 0.3) is 0 Å². The van der Waals surface area contributed by atoms with Gasteiger partial charge in [0.25, 0.3) is 5.91 Å². The fourth-order valence-corrected chi connectivity index (χ4v) is 2.48. The van der Waals surface area contributed by atoms with E-state index < -0.39 is 0 Å². The summed E-state index contributed by atoms with van der Waals surface area (Å²) in [5, 5.41) is 0.592. The van der Waals surface area contributed by atoms with Crippen molar-refractivity contribution in [2.45, 2.75) is 18.9 Å². The maximum Gasteiger partial charge on any atom is 0.270 e. The van der Waals surface area contributed by atoms with Gasteiger partial charge in [-0.1, -0.05) is 11.6 Å². The van der Waals surface area contributed by atoms with E-state index in [4.69, 9.17) is 17.3 Å². The Labute approximate surface area is 112 Å². The number of likely N-dealkylation sites (tertiary alicyclic amines) is 1. The quantitative estimate of drug-likeness (QED) is 0.894. The number of nitrogens with zero attached hydrogens (tertiary/aromatic N) is 2. The van der Waals surface area contributed by atoms with E-state index in [1.165, 1.54) is 0 Å². The summed E-state index contributed by atoms with van der Waals surface area (Å²) >= 11 is 5.87. The molecule has 96 valence electrons. The summed E-state index contributed by atoms with van der Waals surface area (Å²) in [6, 6.07) is 1.89. The molecule has 1 aliphatic rings. The Balaban J connectivity index is 0.00000144. The van der Waals surface area contributed by atoms with E-state index in [2.05, 4.69) is 0 Å². The molecule has 1 aromatic rings. The molecule has 2 rings (SSSR count). The van der Waals surface area contributed by atoms with Crippen molar-refractivity contribution in [3.63, 3.8) is 0 Å². The highest BCUT2D eigenvalue weighted by atomic mass is 35.5. The normalized spacial score (nSPS) is 19.2. The molecule has 0 bridgehead atoms. The number of aromatic nitrogens is 1. The molecule has 0 aliphatic carbocycles. The molecule has 0 radical (unpaired) electrons. The molecule has 1 aromatic heterocycles. The monoisotopic (exact) mass is 277 g/mol. The maximum absolute atomic E-state index is 12.2. The van der Waals surface area contributed by atoms with Crippen LogP contribution in [0.2, 0.25) is 5.02 Å². The zero-order valence-electron chi connectivity index (χ0n) is 9.73. The molecule has 1 aliphatic heterocycles. The topological polar surface area (TPSA) is 51.3 Å². The zero-order valence-corrected chi connectivity index (χ0v) is 11.3. The largest absolute Gasteiger partial charge is 0.345 e. The van der Waals surface area contributed by atoms with Crippen molar-refractivity contribution in [2.75, 3.05) is 13.1 Å². The smallest absolute Gasteiger partial charge is 0.270 e. The highest BCUT2D eigenvalue weighted by molar-refractivity contribution is 6.31. The Hall–Kier alpha value is -0.710. The molecule has 1 amide bonds. The van der Waals surface area contributed by atoms with E-state index in [9.17, 15) is 4.79 Å². The van der Waals surface area contributed by atoms with Gasteiger partial charge in [-0.25, -0.2) is 0 Å². The maximum atomic E-state index is 12.2. The summed E-state index contributed by atoms with van der Waals surface area (Å²) < 4.78 is 1.76. The third-order valence-corrected chi connectivity index (χ3v) is 3.31. The molecule has 1 unspecified atom stereocenters. The second-order valence-corrected chi connectivity index (χ2v) is 4.62. The minimum atomic E-state index is 0. The predicted molar refractivity (Wildman–Crippen MR) is 70.8 cm³/mol. The number of hydrogen-bond acceptors (Lipinski definition) is 2. The Morgan fingerprint density at radius 2 is 2.35 bits per heavy atom. The number of carbonyl (C=O) groups is 1. The van der Waals surface area contributed by atoms with Gasteiger partial charge in [-0.3, -0.25) is 4.79 Å². The molecular weight excluding hydrogens is 261 g/mol. The Kier molecular flexibility index (Phi) is 4.86. The molecule has 1 saturated heterocycles. The highest BCUT2D eigenvalue weighted by Gasteiger charge is 2.29. The van der Waals surface area contributed by atoms with Gasteiger partial charge in [0.15, 0.2) is 0 Å². The van der Waals surface area contributed by atoms with Gasteiger partial charge >= 0.3 is 0 Å².